The van der Waals surface area contributed by atoms with Crippen LogP contribution in [0, 0.1) is 0 Å². The summed E-state index contributed by atoms with van der Waals surface area (Å²) < 4.78 is 5.62. The van der Waals surface area contributed by atoms with Gasteiger partial charge in [-0.3, -0.25) is 4.79 Å². The number of thiophene rings is 1. The highest BCUT2D eigenvalue weighted by Gasteiger charge is 2.20. The van der Waals surface area contributed by atoms with Crippen molar-refractivity contribution in [2.75, 3.05) is 6.54 Å². The summed E-state index contributed by atoms with van der Waals surface area (Å²) >= 11 is 1.59. The third kappa shape index (κ3) is 3.85. The van der Waals surface area contributed by atoms with Gasteiger partial charge in [0.1, 0.15) is 0 Å². The minimum Gasteiger partial charge on any atom is -0.421 e. The number of amides is 1. The summed E-state index contributed by atoms with van der Waals surface area (Å²) in [5.74, 6) is 1.46. The minimum absolute atomic E-state index is 0.0309. The van der Waals surface area contributed by atoms with Crippen molar-refractivity contribution >= 4 is 17.2 Å². The smallest absolute Gasteiger partial charge is 0.248 e. The van der Waals surface area contributed by atoms with Crippen LogP contribution < -0.4 is 5.32 Å². The molecule has 0 aliphatic heterocycles. The van der Waals surface area contributed by atoms with Crippen LogP contribution >= 0.6 is 11.3 Å². The molecule has 3 aromatic rings. The third-order valence-corrected chi connectivity index (χ3v) is 5.52. The lowest BCUT2D eigenvalue weighted by Crippen LogP contribution is -2.30. The van der Waals surface area contributed by atoms with Crippen molar-refractivity contribution in [3.8, 4) is 11.5 Å². The van der Waals surface area contributed by atoms with Crippen molar-refractivity contribution < 1.29 is 9.21 Å². The number of fused-ring (bicyclic) bond motifs is 1. The molecule has 1 N–H and O–H groups in total. The molecular weight excluding hydrogens is 346 g/mol. The monoisotopic (exact) mass is 367 g/mol. The molecule has 5 nitrogen and oxygen atoms in total. The standard InChI is InChI=1S/C20H21N3O2S/c24-18(8-9-19-22-23-20(25-19)16-10-11-26-13-16)21-12-15-6-3-5-14-4-1-2-7-17(14)15/h1-2,4,7,10-11,13,15H,3,5-6,8-9,12H2,(H,21,24). The van der Waals surface area contributed by atoms with Gasteiger partial charge in [-0.25, -0.2) is 0 Å². The first kappa shape index (κ1) is 17.0. The number of aromatic nitrogens is 2. The van der Waals surface area contributed by atoms with Gasteiger partial charge in [-0.15, -0.1) is 10.2 Å². The maximum atomic E-state index is 12.2. The molecule has 1 aliphatic carbocycles. The zero-order valence-electron chi connectivity index (χ0n) is 14.5. The Bertz CT molecular complexity index is 873. The predicted molar refractivity (Wildman–Crippen MR) is 101 cm³/mol. The van der Waals surface area contributed by atoms with Crippen molar-refractivity contribution in [3.05, 3.63) is 58.1 Å². The Kier molecular flexibility index (Phi) is 5.11. The van der Waals surface area contributed by atoms with Crippen LogP contribution in [0.5, 0.6) is 0 Å². The van der Waals surface area contributed by atoms with Crippen molar-refractivity contribution in [2.45, 2.75) is 38.0 Å². The van der Waals surface area contributed by atoms with Crippen LogP contribution in [-0.2, 0) is 17.6 Å². The molecule has 1 atom stereocenters. The summed E-state index contributed by atoms with van der Waals surface area (Å²) in [6, 6.07) is 10.5. The molecule has 1 aromatic carbocycles. The summed E-state index contributed by atoms with van der Waals surface area (Å²) in [4.78, 5) is 12.2. The third-order valence-electron chi connectivity index (χ3n) is 4.84. The molecule has 1 aliphatic rings. The van der Waals surface area contributed by atoms with E-state index in [1.165, 1.54) is 17.5 Å². The molecular formula is C20H21N3O2S. The second kappa shape index (κ2) is 7.83. The average molecular weight is 367 g/mol. The van der Waals surface area contributed by atoms with Gasteiger partial charge in [0, 0.05) is 36.2 Å². The van der Waals surface area contributed by atoms with Gasteiger partial charge in [-0.2, -0.15) is 11.3 Å². The SMILES string of the molecule is O=C(CCc1nnc(-c2ccsc2)o1)NCC1CCCc2ccccc21. The molecule has 2 heterocycles. The molecule has 134 valence electrons. The lowest BCUT2D eigenvalue weighted by Gasteiger charge is -2.25. The number of nitrogens with one attached hydrogen (secondary N) is 1. The van der Waals surface area contributed by atoms with E-state index < -0.39 is 0 Å². The van der Waals surface area contributed by atoms with Crippen LogP contribution in [-0.4, -0.2) is 22.6 Å². The van der Waals surface area contributed by atoms with Gasteiger partial charge >= 0.3 is 0 Å². The Morgan fingerprint density at radius 2 is 2.19 bits per heavy atom. The highest BCUT2D eigenvalue weighted by atomic mass is 32.1. The molecule has 2 aromatic heterocycles. The first-order chi connectivity index (χ1) is 12.8. The maximum Gasteiger partial charge on any atom is 0.248 e. The van der Waals surface area contributed by atoms with Crippen molar-refractivity contribution in [2.24, 2.45) is 0 Å². The zero-order chi connectivity index (χ0) is 17.8. The number of carbonyl (C=O) groups excluding carboxylic acids is 1. The van der Waals surface area contributed by atoms with Gasteiger partial charge in [0.05, 0.1) is 0 Å². The van der Waals surface area contributed by atoms with Crippen LogP contribution in [0.4, 0.5) is 0 Å². The van der Waals surface area contributed by atoms with Crippen LogP contribution in [0.2, 0.25) is 0 Å². The van der Waals surface area contributed by atoms with Crippen LogP contribution in [0.3, 0.4) is 0 Å². The first-order valence-electron chi connectivity index (χ1n) is 8.99. The molecule has 0 bridgehead atoms. The van der Waals surface area contributed by atoms with Crippen LogP contribution in [0.1, 0.15) is 42.2 Å². The highest BCUT2D eigenvalue weighted by molar-refractivity contribution is 7.08. The van der Waals surface area contributed by atoms with E-state index in [9.17, 15) is 4.79 Å². The average Bonchev–Trinajstić information content (AvgIpc) is 3.36. The number of carbonyl (C=O) groups is 1. The van der Waals surface area contributed by atoms with E-state index in [0.29, 0.717) is 37.1 Å². The Morgan fingerprint density at radius 1 is 1.27 bits per heavy atom. The van der Waals surface area contributed by atoms with E-state index in [1.807, 2.05) is 16.8 Å². The molecule has 4 rings (SSSR count). The van der Waals surface area contributed by atoms with Crippen LogP contribution in [0.25, 0.3) is 11.5 Å². The van der Waals surface area contributed by atoms with Gasteiger partial charge in [0.2, 0.25) is 17.7 Å². The molecule has 6 heteroatoms. The normalized spacial score (nSPS) is 16.2. The summed E-state index contributed by atoms with van der Waals surface area (Å²) in [5, 5.41) is 15.1. The van der Waals surface area contributed by atoms with E-state index in [2.05, 4.69) is 39.8 Å². The van der Waals surface area contributed by atoms with Gasteiger partial charge in [0.25, 0.3) is 0 Å². The number of hydrogen-bond acceptors (Lipinski definition) is 5. The van der Waals surface area contributed by atoms with E-state index in [4.69, 9.17) is 4.42 Å². The number of benzene rings is 1. The molecule has 0 saturated heterocycles. The Balaban J connectivity index is 1.28. The summed E-state index contributed by atoms with van der Waals surface area (Å²) in [6.07, 6.45) is 4.28. The van der Waals surface area contributed by atoms with Crippen molar-refractivity contribution in [1.82, 2.24) is 15.5 Å². The fourth-order valence-corrected chi connectivity index (χ4v) is 4.10. The quantitative estimate of drug-likeness (QED) is 0.716. The lowest BCUT2D eigenvalue weighted by atomic mass is 9.83. The van der Waals surface area contributed by atoms with Gasteiger partial charge in [0.15, 0.2) is 0 Å². The molecule has 0 radical (unpaired) electrons. The second-order valence-corrected chi connectivity index (χ2v) is 7.39. The molecule has 0 fully saturated rings. The Labute approximate surface area is 156 Å². The summed E-state index contributed by atoms with van der Waals surface area (Å²) in [7, 11) is 0. The van der Waals surface area contributed by atoms with Crippen molar-refractivity contribution in [1.29, 1.82) is 0 Å². The fourth-order valence-electron chi connectivity index (χ4n) is 3.47. The molecule has 0 spiro atoms. The largest absolute Gasteiger partial charge is 0.421 e. The van der Waals surface area contributed by atoms with Gasteiger partial charge < -0.3 is 9.73 Å². The van der Waals surface area contributed by atoms with Gasteiger partial charge in [-0.05, 0) is 41.8 Å². The summed E-state index contributed by atoms with van der Waals surface area (Å²) in [5.41, 5.74) is 3.73. The molecule has 0 saturated carbocycles. The van der Waals surface area contributed by atoms with E-state index in [0.717, 1.165) is 18.4 Å². The van der Waals surface area contributed by atoms with E-state index in [-0.39, 0.29) is 5.91 Å². The molecule has 26 heavy (non-hydrogen) atoms. The predicted octanol–water partition coefficient (Wildman–Crippen LogP) is 3.97. The number of hydrogen-bond donors (Lipinski definition) is 1. The maximum absolute atomic E-state index is 12.2. The molecule has 1 amide bonds. The number of rotatable bonds is 6. The van der Waals surface area contributed by atoms with Gasteiger partial charge in [-0.1, -0.05) is 24.3 Å². The highest BCUT2D eigenvalue weighted by Crippen LogP contribution is 2.30. The van der Waals surface area contributed by atoms with E-state index in [1.54, 1.807) is 11.3 Å². The first-order valence-corrected chi connectivity index (χ1v) is 9.93. The Morgan fingerprint density at radius 3 is 3.08 bits per heavy atom. The fraction of sp³-hybridized carbons (Fsp3) is 0.350. The van der Waals surface area contributed by atoms with E-state index >= 15 is 0 Å². The van der Waals surface area contributed by atoms with Crippen molar-refractivity contribution in [3.63, 3.8) is 0 Å². The zero-order valence-corrected chi connectivity index (χ0v) is 15.3. The topological polar surface area (TPSA) is 68.0 Å². The second-order valence-electron chi connectivity index (χ2n) is 6.61. The Hall–Kier alpha value is -2.47. The number of nitrogens with zero attached hydrogens (tertiary/aromatic N) is 2. The molecule has 1 unspecified atom stereocenters. The minimum atomic E-state index is 0.0309. The number of aryl methyl sites for hydroxylation is 2. The lowest BCUT2D eigenvalue weighted by molar-refractivity contribution is -0.121. The van der Waals surface area contributed by atoms with Crippen LogP contribution in [0.15, 0.2) is 45.5 Å². The summed E-state index contributed by atoms with van der Waals surface area (Å²) in [6.45, 7) is 0.694.